The minimum atomic E-state index is -0.710. The summed E-state index contributed by atoms with van der Waals surface area (Å²) >= 11 is 0. The van der Waals surface area contributed by atoms with E-state index >= 15 is 0 Å². The lowest BCUT2D eigenvalue weighted by Gasteiger charge is -2.38. The maximum absolute atomic E-state index is 12.7. The summed E-state index contributed by atoms with van der Waals surface area (Å²) in [4.78, 5) is 30.2. The molecule has 1 unspecified atom stereocenters. The minimum absolute atomic E-state index is 0.128. The predicted molar refractivity (Wildman–Crippen MR) is 81.2 cm³/mol. The number of amides is 3. The molecule has 1 aliphatic rings. The van der Waals surface area contributed by atoms with Crippen LogP contribution in [0.2, 0.25) is 0 Å². The lowest BCUT2D eigenvalue weighted by molar-refractivity contribution is -0.134. The van der Waals surface area contributed by atoms with Gasteiger partial charge in [0.25, 0.3) is 5.91 Å². The fourth-order valence-corrected chi connectivity index (χ4v) is 2.72. The fraction of sp³-hybridized carbons (Fsp3) is 0.714. The molecule has 8 nitrogen and oxygen atoms in total. The maximum atomic E-state index is 12.7. The number of nitrogens with zero attached hydrogens (tertiary/aromatic N) is 6. The van der Waals surface area contributed by atoms with Crippen LogP contribution in [-0.4, -0.2) is 75.1 Å². The lowest BCUT2D eigenvalue weighted by atomic mass is 10.1. The summed E-state index contributed by atoms with van der Waals surface area (Å²) in [6.07, 6.45) is 0. The van der Waals surface area contributed by atoms with Gasteiger partial charge in [-0.3, -0.25) is 4.79 Å². The van der Waals surface area contributed by atoms with E-state index in [0.717, 1.165) is 5.82 Å². The second-order valence-electron chi connectivity index (χ2n) is 5.54. The van der Waals surface area contributed by atoms with Gasteiger partial charge in [-0.1, -0.05) is 0 Å². The maximum Gasteiger partial charge on any atom is 0.321 e. The van der Waals surface area contributed by atoms with E-state index in [9.17, 15) is 9.59 Å². The summed E-state index contributed by atoms with van der Waals surface area (Å²) < 4.78 is 1.91. The van der Waals surface area contributed by atoms with Gasteiger partial charge in [0.05, 0.1) is 0 Å². The van der Waals surface area contributed by atoms with E-state index in [1.54, 1.807) is 23.9 Å². The molecule has 0 saturated heterocycles. The molecule has 0 N–H and O–H groups in total. The molecule has 0 aliphatic carbocycles. The van der Waals surface area contributed by atoms with E-state index in [4.69, 9.17) is 0 Å². The average molecular weight is 308 g/mol. The summed E-state index contributed by atoms with van der Waals surface area (Å²) in [5.41, 5.74) is 0. The summed E-state index contributed by atoms with van der Waals surface area (Å²) in [7, 11) is 3.37. The molecule has 22 heavy (non-hydrogen) atoms. The van der Waals surface area contributed by atoms with E-state index in [1.165, 1.54) is 4.90 Å². The van der Waals surface area contributed by atoms with Crippen LogP contribution in [0.5, 0.6) is 0 Å². The topological polar surface area (TPSA) is 74.6 Å². The first-order chi connectivity index (χ1) is 10.4. The van der Waals surface area contributed by atoms with Crippen LogP contribution >= 0.6 is 0 Å². The van der Waals surface area contributed by atoms with Crippen molar-refractivity contribution in [2.75, 3.05) is 33.7 Å². The number of carbonyl (C=O) groups is 2. The number of aryl methyl sites for hydroxylation is 1. The molecule has 0 fully saturated rings. The zero-order chi connectivity index (χ0) is 16.4. The van der Waals surface area contributed by atoms with E-state index < -0.39 is 6.04 Å². The molecule has 1 aromatic heterocycles. The Labute approximate surface area is 130 Å². The second kappa shape index (κ2) is 6.33. The van der Waals surface area contributed by atoms with E-state index in [0.29, 0.717) is 32.0 Å². The van der Waals surface area contributed by atoms with Gasteiger partial charge in [-0.25, -0.2) is 4.79 Å². The Morgan fingerprint density at radius 2 is 1.82 bits per heavy atom. The lowest BCUT2D eigenvalue weighted by Crippen LogP contribution is -2.53. The normalized spacial score (nSPS) is 17.1. The van der Waals surface area contributed by atoms with E-state index in [1.807, 2.05) is 25.3 Å². The SMILES string of the molecule is CCN(CC)C(=O)N1CCn2c(C)nnc2C1C(=O)N(C)C. The first-order valence-corrected chi connectivity index (χ1v) is 7.58. The third-order valence-corrected chi connectivity index (χ3v) is 4.04. The molecule has 8 heteroatoms. The van der Waals surface area contributed by atoms with E-state index in [-0.39, 0.29) is 11.9 Å². The molecule has 1 atom stereocenters. The first kappa shape index (κ1) is 16.3. The molecule has 2 heterocycles. The van der Waals surface area contributed by atoms with Crippen LogP contribution < -0.4 is 0 Å². The summed E-state index contributed by atoms with van der Waals surface area (Å²) in [5.74, 6) is 1.15. The number of fused-ring (bicyclic) bond motifs is 1. The van der Waals surface area contributed by atoms with Crippen LogP contribution in [-0.2, 0) is 11.3 Å². The van der Waals surface area contributed by atoms with Gasteiger partial charge in [-0.2, -0.15) is 0 Å². The smallest absolute Gasteiger partial charge is 0.321 e. The Bertz CT molecular complexity index is 564. The largest absolute Gasteiger partial charge is 0.347 e. The quantitative estimate of drug-likeness (QED) is 0.814. The van der Waals surface area contributed by atoms with Crippen molar-refractivity contribution in [3.63, 3.8) is 0 Å². The second-order valence-corrected chi connectivity index (χ2v) is 5.54. The Hall–Kier alpha value is -2.12. The van der Waals surface area contributed by atoms with Gasteiger partial charge in [0.2, 0.25) is 0 Å². The molecule has 0 saturated carbocycles. The van der Waals surface area contributed by atoms with Crippen molar-refractivity contribution in [3.8, 4) is 0 Å². The monoisotopic (exact) mass is 308 g/mol. The molecule has 1 aromatic rings. The molecule has 0 radical (unpaired) electrons. The highest BCUT2D eigenvalue weighted by atomic mass is 16.2. The van der Waals surface area contributed by atoms with Gasteiger partial charge in [-0.05, 0) is 20.8 Å². The number of hydrogen-bond acceptors (Lipinski definition) is 4. The number of urea groups is 1. The number of aromatic nitrogens is 3. The molecule has 1 aliphatic heterocycles. The number of likely N-dealkylation sites (N-methyl/N-ethyl adjacent to an activating group) is 1. The van der Waals surface area contributed by atoms with Crippen LogP contribution in [0.1, 0.15) is 31.5 Å². The Morgan fingerprint density at radius 3 is 2.36 bits per heavy atom. The summed E-state index contributed by atoms with van der Waals surface area (Å²) in [6, 6.07) is -0.838. The standard InChI is InChI=1S/C14H24N6O2/c1-6-18(7-2)14(22)20-9-8-19-10(3)15-16-12(19)11(20)13(21)17(4)5/h11H,6-9H2,1-5H3. The van der Waals surface area contributed by atoms with E-state index in [2.05, 4.69) is 10.2 Å². The molecular weight excluding hydrogens is 284 g/mol. The average Bonchev–Trinajstić information content (AvgIpc) is 2.88. The zero-order valence-electron chi connectivity index (χ0n) is 13.9. The third kappa shape index (κ3) is 2.65. The Kier molecular flexibility index (Phi) is 4.68. The highest BCUT2D eigenvalue weighted by molar-refractivity contribution is 5.87. The fourth-order valence-electron chi connectivity index (χ4n) is 2.72. The minimum Gasteiger partial charge on any atom is -0.347 e. The molecule has 0 bridgehead atoms. The predicted octanol–water partition coefficient (Wildman–Crippen LogP) is 0.493. The number of hydrogen-bond donors (Lipinski definition) is 0. The highest BCUT2D eigenvalue weighted by Gasteiger charge is 2.40. The Morgan fingerprint density at radius 1 is 1.18 bits per heavy atom. The zero-order valence-corrected chi connectivity index (χ0v) is 13.9. The van der Waals surface area contributed by atoms with Crippen LogP contribution in [0.3, 0.4) is 0 Å². The Balaban J connectivity index is 2.42. The molecule has 2 rings (SSSR count). The molecular formula is C14H24N6O2. The van der Waals surface area contributed by atoms with Gasteiger partial charge in [-0.15, -0.1) is 10.2 Å². The summed E-state index contributed by atoms with van der Waals surface area (Å²) in [6.45, 7) is 8.03. The summed E-state index contributed by atoms with van der Waals surface area (Å²) in [5, 5.41) is 8.20. The van der Waals surface area contributed by atoms with Crippen LogP contribution in [0.25, 0.3) is 0 Å². The molecule has 122 valence electrons. The van der Waals surface area contributed by atoms with Gasteiger partial charge < -0.3 is 19.3 Å². The number of carbonyl (C=O) groups excluding carboxylic acids is 2. The van der Waals surface area contributed by atoms with Crippen LogP contribution in [0, 0.1) is 6.92 Å². The van der Waals surface area contributed by atoms with Gasteiger partial charge in [0.15, 0.2) is 11.9 Å². The molecule has 3 amide bonds. The van der Waals surface area contributed by atoms with Crippen LogP contribution in [0.4, 0.5) is 4.79 Å². The van der Waals surface area contributed by atoms with Crippen LogP contribution in [0.15, 0.2) is 0 Å². The van der Waals surface area contributed by atoms with Crippen molar-refractivity contribution in [1.29, 1.82) is 0 Å². The molecule has 0 spiro atoms. The number of rotatable bonds is 3. The molecule has 0 aromatic carbocycles. The first-order valence-electron chi connectivity index (χ1n) is 7.58. The van der Waals surface area contributed by atoms with Gasteiger partial charge in [0, 0.05) is 40.3 Å². The third-order valence-electron chi connectivity index (χ3n) is 4.04. The van der Waals surface area contributed by atoms with Crippen molar-refractivity contribution in [1.82, 2.24) is 29.5 Å². The van der Waals surface area contributed by atoms with Gasteiger partial charge in [0.1, 0.15) is 5.82 Å². The van der Waals surface area contributed by atoms with Crippen molar-refractivity contribution < 1.29 is 9.59 Å². The van der Waals surface area contributed by atoms with Crippen molar-refractivity contribution in [2.45, 2.75) is 33.4 Å². The van der Waals surface area contributed by atoms with Gasteiger partial charge >= 0.3 is 6.03 Å². The highest BCUT2D eigenvalue weighted by Crippen LogP contribution is 2.27. The van der Waals surface area contributed by atoms with Crippen molar-refractivity contribution >= 4 is 11.9 Å². The van der Waals surface area contributed by atoms with Crippen molar-refractivity contribution in [3.05, 3.63) is 11.6 Å². The van der Waals surface area contributed by atoms with Crippen molar-refractivity contribution in [2.24, 2.45) is 0 Å².